The fourth-order valence-electron chi connectivity index (χ4n) is 21.6. The summed E-state index contributed by atoms with van der Waals surface area (Å²) in [7, 11) is 3.42. The van der Waals surface area contributed by atoms with Crippen molar-refractivity contribution in [3.05, 3.63) is 495 Å². The van der Waals surface area contributed by atoms with Crippen molar-refractivity contribution in [3.63, 3.8) is 0 Å². The van der Waals surface area contributed by atoms with E-state index in [1.54, 1.807) is 14.2 Å². The zero-order chi connectivity index (χ0) is 91.3. The summed E-state index contributed by atoms with van der Waals surface area (Å²) in [6, 6.07) is 171. The van der Waals surface area contributed by atoms with Gasteiger partial charge in [0.1, 0.15) is 11.5 Å². The average Bonchev–Trinajstić information content (AvgIpc) is 1.33. The third-order valence-corrected chi connectivity index (χ3v) is 28.3. The molecule has 0 aliphatic carbocycles. The van der Waals surface area contributed by atoms with E-state index in [2.05, 4.69) is 505 Å². The lowest BCUT2D eigenvalue weighted by molar-refractivity contribution is 0.414. The molecule has 0 bridgehead atoms. The highest BCUT2D eigenvalue weighted by molar-refractivity contribution is 6.15. The van der Waals surface area contributed by atoms with Crippen LogP contribution in [0.5, 0.6) is 11.5 Å². The maximum Gasteiger partial charge on any atom is 0.120 e. The SMILES string of the molecule is CC1(C)c2ccccc2N(c2ccc(-c3ccccc3)cc2)c2ccc(-c3ccc4c(c3)c3ccccc3n4-c3ccc(-c4ccccc4)cc3)cc21.CC1(C)c2ccccc2N(c2ccccc2)c2ccc(-c3ccc4c(c3)c3ccccc3n4-c3ccccc3)cc21.COc1cccc(-n2c3ccccc3c3cc(-c4ccc5c(c4)c4ccccc4n5-c4cccc(OC)c4)ccc32)c1. The van der Waals surface area contributed by atoms with Crippen LogP contribution < -0.4 is 19.3 Å². The minimum atomic E-state index is -0.186. The topological polar surface area (TPSA) is 44.7 Å². The number of hydrogen-bond acceptors (Lipinski definition) is 4. The molecule has 8 heteroatoms. The molecule has 0 saturated heterocycles. The van der Waals surface area contributed by atoms with Gasteiger partial charge in [0.25, 0.3) is 0 Å². The van der Waals surface area contributed by atoms with Crippen molar-refractivity contribution in [3.8, 4) is 89.9 Å². The fraction of sp³-hybridized carbons (Fsp3) is 0.0625. The first-order valence-corrected chi connectivity index (χ1v) is 46.8. The maximum atomic E-state index is 5.54. The fourth-order valence-corrected chi connectivity index (χ4v) is 21.6. The van der Waals surface area contributed by atoms with Crippen molar-refractivity contribution in [1.29, 1.82) is 0 Å². The van der Waals surface area contributed by atoms with Gasteiger partial charge in [-0.3, -0.25) is 0 Å². The van der Waals surface area contributed by atoms with Gasteiger partial charge < -0.3 is 37.5 Å². The molecule has 0 fully saturated rings. The van der Waals surface area contributed by atoms with Crippen LogP contribution in [0, 0.1) is 0 Å². The van der Waals surface area contributed by atoms with Crippen LogP contribution in [0.1, 0.15) is 49.9 Å². The molecule has 650 valence electrons. The van der Waals surface area contributed by atoms with Crippen molar-refractivity contribution < 1.29 is 9.47 Å². The quantitative estimate of drug-likeness (QED) is 0.115. The molecule has 0 spiro atoms. The van der Waals surface area contributed by atoms with Crippen molar-refractivity contribution in [2.24, 2.45) is 0 Å². The van der Waals surface area contributed by atoms with Gasteiger partial charge in [0.15, 0.2) is 0 Å². The molecule has 26 rings (SSSR count). The summed E-state index contributed by atoms with van der Waals surface area (Å²) in [5.74, 6) is 1.69. The third-order valence-electron chi connectivity index (χ3n) is 28.3. The van der Waals surface area contributed by atoms with Gasteiger partial charge in [0, 0.05) is 100 Å². The van der Waals surface area contributed by atoms with Gasteiger partial charge in [-0.05, 0) is 260 Å². The standard InChI is InChI=1S/C51H38N2.C39H30N2.C38H28N2O2/c1-51(2)45-18-10-12-20-49(45)53(42-29-23-38(24-30-42)36-15-7-4-8-16-36)50-32-26-40(34-46(50)51)39-25-31-48-44(33-39)43-17-9-11-19-47(43)52(48)41-27-21-37(22-28-41)35-13-5-3-6-14-35;1-39(2)33-18-10-12-20-37(33)41(30-15-7-4-8-16-30)38-24-22-28(26-34(38)39)27-21-23-36-32(25-27)31-17-9-11-19-35(31)40(36)29-13-5-3-6-14-29;1-41-29-11-7-9-27(23-29)39-35-15-5-3-13-31(35)33-21-25(17-19-37(33)39)26-18-20-38-34(22-26)32-14-4-6-16-36(32)40(38)28-10-8-12-30(24-28)42-2/h3-34H,1-2H3;3-26H,1-2H3;3-24H,1-2H3. The second kappa shape index (κ2) is 33.6. The lowest BCUT2D eigenvalue weighted by atomic mass is 9.73. The summed E-state index contributed by atoms with van der Waals surface area (Å²) in [4.78, 5) is 4.85. The molecule has 4 aromatic heterocycles. The van der Waals surface area contributed by atoms with Crippen LogP contribution in [0.25, 0.3) is 166 Å². The Kier molecular flexibility index (Phi) is 20.2. The molecular weight excluding hydrogens is 1650 g/mol. The molecule has 0 N–H and O–H groups in total. The Morgan fingerprint density at radius 2 is 0.404 bits per heavy atom. The summed E-state index contributed by atoms with van der Waals surface area (Å²) >= 11 is 0. The van der Waals surface area contributed by atoms with Crippen molar-refractivity contribution >= 4 is 121 Å². The van der Waals surface area contributed by atoms with Gasteiger partial charge in [-0.15, -0.1) is 0 Å². The lowest BCUT2D eigenvalue weighted by Gasteiger charge is -2.42. The van der Waals surface area contributed by atoms with Gasteiger partial charge in [-0.25, -0.2) is 0 Å². The van der Waals surface area contributed by atoms with Crippen molar-refractivity contribution in [2.45, 2.75) is 38.5 Å². The number of rotatable bonds is 13. The molecular formula is C128H96N6O2. The van der Waals surface area contributed by atoms with Crippen LogP contribution in [0.2, 0.25) is 0 Å². The zero-order valence-corrected chi connectivity index (χ0v) is 76.5. The predicted molar refractivity (Wildman–Crippen MR) is 571 cm³/mol. The van der Waals surface area contributed by atoms with Gasteiger partial charge in [-0.1, -0.05) is 307 Å². The van der Waals surface area contributed by atoms with Crippen LogP contribution >= 0.6 is 0 Å². The Labute approximate surface area is 791 Å². The highest BCUT2D eigenvalue weighted by Gasteiger charge is 2.39. The lowest BCUT2D eigenvalue weighted by Crippen LogP contribution is -2.30. The Bertz CT molecular complexity index is 8580. The molecule has 0 atom stereocenters. The largest absolute Gasteiger partial charge is 0.497 e. The number of hydrogen-bond donors (Lipinski definition) is 0. The summed E-state index contributed by atoms with van der Waals surface area (Å²) in [6.45, 7) is 9.44. The third kappa shape index (κ3) is 14.0. The Morgan fingerprint density at radius 1 is 0.162 bits per heavy atom. The highest BCUT2D eigenvalue weighted by atomic mass is 16.5. The normalized spacial score (nSPS) is 12.9. The molecule has 136 heavy (non-hydrogen) atoms. The van der Waals surface area contributed by atoms with Crippen LogP contribution in [0.4, 0.5) is 34.1 Å². The summed E-state index contributed by atoms with van der Waals surface area (Å²) in [6.07, 6.45) is 0. The molecule has 24 aromatic rings. The van der Waals surface area contributed by atoms with E-state index in [-0.39, 0.29) is 10.8 Å². The van der Waals surface area contributed by atoms with Gasteiger partial charge >= 0.3 is 0 Å². The number of para-hydroxylation sites is 8. The van der Waals surface area contributed by atoms with Crippen LogP contribution in [0.3, 0.4) is 0 Å². The first kappa shape index (κ1) is 82.0. The van der Waals surface area contributed by atoms with Crippen molar-refractivity contribution in [1.82, 2.24) is 18.3 Å². The number of methoxy groups -OCH3 is 2. The highest BCUT2D eigenvalue weighted by Crippen LogP contribution is 2.56. The van der Waals surface area contributed by atoms with E-state index in [0.29, 0.717) is 0 Å². The Balaban J connectivity index is 0.000000113. The van der Waals surface area contributed by atoms with E-state index in [9.17, 15) is 0 Å². The van der Waals surface area contributed by atoms with Crippen LogP contribution in [0.15, 0.2) is 473 Å². The molecule has 0 amide bonds. The second-order valence-electron chi connectivity index (χ2n) is 36.7. The monoisotopic (exact) mass is 1750 g/mol. The molecule has 20 aromatic carbocycles. The number of ether oxygens (including phenoxy) is 2. The number of benzene rings is 20. The zero-order valence-electron chi connectivity index (χ0n) is 76.5. The van der Waals surface area contributed by atoms with Gasteiger partial charge in [0.05, 0.1) is 81.1 Å². The van der Waals surface area contributed by atoms with Gasteiger partial charge in [-0.2, -0.15) is 0 Å². The van der Waals surface area contributed by atoms with E-state index in [4.69, 9.17) is 9.47 Å². The molecule has 2 aliphatic rings. The summed E-state index contributed by atoms with van der Waals surface area (Å²) in [5.41, 5.74) is 38.6. The number of anilines is 6. The molecule has 2 aliphatic heterocycles. The number of aromatic nitrogens is 4. The molecule has 0 unspecified atom stereocenters. The van der Waals surface area contributed by atoms with Gasteiger partial charge in [0.2, 0.25) is 0 Å². The minimum absolute atomic E-state index is 0.138. The Hall–Kier alpha value is -17.2. The average molecular weight is 1750 g/mol. The first-order valence-electron chi connectivity index (χ1n) is 46.8. The predicted octanol–water partition coefficient (Wildman–Crippen LogP) is 34.0. The molecule has 6 heterocycles. The van der Waals surface area contributed by atoms with E-state index in [1.807, 2.05) is 24.3 Å². The Morgan fingerprint density at radius 3 is 0.765 bits per heavy atom. The number of fused-ring (bicyclic) bond motifs is 16. The first-order chi connectivity index (χ1) is 66.9. The molecule has 0 radical (unpaired) electrons. The van der Waals surface area contributed by atoms with E-state index < -0.39 is 0 Å². The van der Waals surface area contributed by atoms with Crippen molar-refractivity contribution in [2.75, 3.05) is 24.0 Å². The number of nitrogens with zero attached hydrogens (tertiary/aromatic N) is 6. The molecule has 0 saturated carbocycles. The van der Waals surface area contributed by atoms with Crippen LogP contribution in [-0.4, -0.2) is 32.5 Å². The van der Waals surface area contributed by atoms with E-state index in [0.717, 1.165) is 34.2 Å². The van der Waals surface area contributed by atoms with E-state index >= 15 is 0 Å². The smallest absolute Gasteiger partial charge is 0.120 e. The summed E-state index contributed by atoms with van der Waals surface area (Å²) in [5, 5.41) is 9.97. The molecule has 8 nitrogen and oxygen atoms in total. The summed E-state index contributed by atoms with van der Waals surface area (Å²) < 4.78 is 20.5. The van der Waals surface area contributed by atoms with Crippen LogP contribution in [-0.2, 0) is 10.8 Å². The van der Waals surface area contributed by atoms with E-state index in [1.165, 1.54) is 199 Å². The minimum Gasteiger partial charge on any atom is -0.497 e. The maximum absolute atomic E-state index is 5.54. The second-order valence-corrected chi connectivity index (χ2v) is 36.7.